The van der Waals surface area contributed by atoms with Gasteiger partial charge in [0, 0.05) is 21.6 Å². The number of amides is 1. The number of halogens is 4. The van der Waals surface area contributed by atoms with E-state index in [2.05, 4.69) is 21.2 Å². The van der Waals surface area contributed by atoms with Gasteiger partial charge in [0.25, 0.3) is 5.91 Å². The van der Waals surface area contributed by atoms with Gasteiger partial charge in [0.15, 0.2) is 6.10 Å². The highest BCUT2D eigenvalue weighted by Gasteiger charge is 2.16. The standard InChI is InChI=1S/C16H13BrCl3NO2/c1-9(23-15-5-4-11(18)6-13(15)17)16(22)21-8-10-2-3-12(19)7-14(10)20/h2-7,9H,8H2,1H3,(H,21,22). The topological polar surface area (TPSA) is 38.3 Å². The summed E-state index contributed by atoms with van der Waals surface area (Å²) in [7, 11) is 0. The molecule has 2 aromatic rings. The van der Waals surface area contributed by atoms with E-state index in [1.165, 1.54) is 0 Å². The van der Waals surface area contributed by atoms with Gasteiger partial charge in [0.1, 0.15) is 5.75 Å². The van der Waals surface area contributed by atoms with Crippen molar-refractivity contribution in [2.24, 2.45) is 0 Å². The molecule has 122 valence electrons. The molecule has 0 heterocycles. The molecule has 0 aliphatic carbocycles. The van der Waals surface area contributed by atoms with Crippen molar-refractivity contribution < 1.29 is 9.53 Å². The van der Waals surface area contributed by atoms with Crippen LogP contribution in [0.25, 0.3) is 0 Å². The van der Waals surface area contributed by atoms with Crippen LogP contribution in [0.5, 0.6) is 5.75 Å². The van der Waals surface area contributed by atoms with E-state index in [1.54, 1.807) is 43.3 Å². The van der Waals surface area contributed by atoms with Crippen molar-refractivity contribution in [3.63, 3.8) is 0 Å². The minimum atomic E-state index is -0.668. The number of benzene rings is 2. The Bertz CT molecular complexity index is 724. The molecule has 0 radical (unpaired) electrons. The largest absolute Gasteiger partial charge is 0.480 e. The van der Waals surface area contributed by atoms with Gasteiger partial charge in [-0.2, -0.15) is 0 Å². The molecule has 1 N–H and O–H groups in total. The molecule has 7 heteroatoms. The van der Waals surface area contributed by atoms with E-state index in [1.807, 2.05) is 0 Å². The zero-order valence-corrected chi connectivity index (χ0v) is 15.9. The van der Waals surface area contributed by atoms with Crippen LogP contribution in [0.2, 0.25) is 15.1 Å². The average molecular weight is 438 g/mol. The number of carbonyl (C=O) groups excluding carboxylic acids is 1. The minimum absolute atomic E-state index is 0.252. The van der Waals surface area contributed by atoms with Crippen LogP contribution in [0.4, 0.5) is 0 Å². The molecule has 0 aromatic heterocycles. The van der Waals surface area contributed by atoms with Crippen molar-refractivity contribution in [1.82, 2.24) is 5.32 Å². The fraction of sp³-hybridized carbons (Fsp3) is 0.188. The highest BCUT2D eigenvalue weighted by atomic mass is 79.9. The quantitative estimate of drug-likeness (QED) is 0.671. The second kappa shape index (κ2) is 8.25. The summed E-state index contributed by atoms with van der Waals surface area (Å²) in [4.78, 5) is 12.1. The third-order valence-electron chi connectivity index (χ3n) is 3.04. The Labute approximate surface area is 158 Å². The molecule has 3 nitrogen and oxygen atoms in total. The fourth-order valence-corrected chi connectivity index (χ4v) is 3.06. The van der Waals surface area contributed by atoms with E-state index in [4.69, 9.17) is 39.5 Å². The van der Waals surface area contributed by atoms with E-state index in [9.17, 15) is 4.79 Å². The van der Waals surface area contributed by atoms with Gasteiger partial charge < -0.3 is 10.1 Å². The van der Waals surface area contributed by atoms with Crippen molar-refractivity contribution in [1.29, 1.82) is 0 Å². The van der Waals surface area contributed by atoms with E-state index < -0.39 is 6.10 Å². The third-order valence-corrected chi connectivity index (χ3v) is 4.48. The van der Waals surface area contributed by atoms with Crippen LogP contribution in [-0.4, -0.2) is 12.0 Å². The SMILES string of the molecule is CC(Oc1ccc(Cl)cc1Br)C(=O)NCc1ccc(Cl)cc1Cl. The van der Waals surface area contributed by atoms with Gasteiger partial charge in [0.2, 0.25) is 0 Å². The molecule has 0 saturated heterocycles. The molecule has 0 fully saturated rings. The maximum atomic E-state index is 12.1. The molecule has 0 aliphatic rings. The van der Waals surface area contributed by atoms with Crippen molar-refractivity contribution in [2.75, 3.05) is 0 Å². The van der Waals surface area contributed by atoms with Crippen molar-refractivity contribution in [2.45, 2.75) is 19.6 Å². The first-order valence-electron chi connectivity index (χ1n) is 6.70. The number of carbonyl (C=O) groups is 1. The molecule has 2 aromatic carbocycles. The monoisotopic (exact) mass is 435 g/mol. The number of nitrogens with one attached hydrogen (secondary N) is 1. The van der Waals surface area contributed by atoms with Crippen LogP contribution in [-0.2, 0) is 11.3 Å². The Morgan fingerprint density at radius 2 is 1.83 bits per heavy atom. The van der Waals surface area contributed by atoms with Gasteiger partial charge in [-0.25, -0.2) is 0 Å². The molecular formula is C16H13BrCl3NO2. The van der Waals surface area contributed by atoms with Crippen molar-refractivity contribution in [3.8, 4) is 5.75 Å². The summed E-state index contributed by atoms with van der Waals surface area (Å²) < 4.78 is 6.31. The molecule has 0 bridgehead atoms. The summed E-state index contributed by atoms with van der Waals surface area (Å²) >= 11 is 21.1. The number of rotatable bonds is 5. The second-order valence-electron chi connectivity index (χ2n) is 4.79. The summed E-state index contributed by atoms with van der Waals surface area (Å²) in [6, 6.07) is 10.2. The van der Waals surface area contributed by atoms with Gasteiger partial charge in [-0.1, -0.05) is 40.9 Å². The normalized spacial score (nSPS) is 11.9. The summed E-state index contributed by atoms with van der Waals surface area (Å²) in [6.07, 6.45) is -0.668. The number of ether oxygens (including phenoxy) is 1. The molecule has 1 amide bonds. The van der Waals surface area contributed by atoms with Crippen molar-refractivity contribution >= 4 is 56.6 Å². The number of hydrogen-bond acceptors (Lipinski definition) is 2. The smallest absolute Gasteiger partial charge is 0.261 e. The fourth-order valence-electron chi connectivity index (χ4n) is 1.81. The first kappa shape index (κ1) is 18.4. The Morgan fingerprint density at radius 3 is 2.48 bits per heavy atom. The second-order valence-corrected chi connectivity index (χ2v) is 6.92. The Hall–Kier alpha value is -0.940. The van der Waals surface area contributed by atoms with Gasteiger partial charge >= 0.3 is 0 Å². The first-order chi connectivity index (χ1) is 10.9. The zero-order chi connectivity index (χ0) is 17.0. The molecule has 0 saturated carbocycles. The Kier molecular flexibility index (Phi) is 6.60. The maximum Gasteiger partial charge on any atom is 0.261 e. The first-order valence-corrected chi connectivity index (χ1v) is 8.63. The molecule has 1 unspecified atom stereocenters. The molecule has 0 spiro atoms. The van der Waals surface area contributed by atoms with E-state index in [0.717, 1.165) is 5.56 Å². The molecular weight excluding hydrogens is 424 g/mol. The summed E-state index contributed by atoms with van der Waals surface area (Å²) in [6.45, 7) is 1.96. The van der Waals surface area contributed by atoms with Crippen LogP contribution < -0.4 is 10.1 Å². The lowest BCUT2D eigenvalue weighted by molar-refractivity contribution is -0.127. The third kappa shape index (κ3) is 5.28. The van der Waals surface area contributed by atoms with Crippen LogP contribution in [0.3, 0.4) is 0 Å². The van der Waals surface area contributed by atoms with Gasteiger partial charge in [-0.05, 0) is 58.7 Å². The average Bonchev–Trinajstić information content (AvgIpc) is 2.48. The van der Waals surface area contributed by atoms with Crippen LogP contribution >= 0.6 is 50.7 Å². The summed E-state index contributed by atoms with van der Waals surface area (Å²) in [5, 5.41) is 4.42. The van der Waals surface area contributed by atoms with Crippen LogP contribution in [0.15, 0.2) is 40.9 Å². The van der Waals surface area contributed by atoms with E-state index in [-0.39, 0.29) is 5.91 Å². The summed E-state index contributed by atoms with van der Waals surface area (Å²) in [5.41, 5.74) is 0.782. The minimum Gasteiger partial charge on any atom is -0.480 e. The van der Waals surface area contributed by atoms with E-state index >= 15 is 0 Å². The Balaban J connectivity index is 1.94. The highest BCUT2D eigenvalue weighted by Crippen LogP contribution is 2.28. The lowest BCUT2D eigenvalue weighted by Crippen LogP contribution is -2.36. The maximum absolute atomic E-state index is 12.1. The van der Waals surface area contributed by atoms with Crippen LogP contribution in [0, 0.1) is 0 Å². The molecule has 23 heavy (non-hydrogen) atoms. The predicted molar refractivity (Wildman–Crippen MR) is 97.6 cm³/mol. The molecule has 2 rings (SSSR count). The molecule has 1 atom stereocenters. The Morgan fingerprint density at radius 1 is 1.17 bits per heavy atom. The van der Waals surface area contributed by atoms with Gasteiger partial charge in [-0.3, -0.25) is 4.79 Å². The number of hydrogen-bond donors (Lipinski definition) is 1. The highest BCUT2D eigenvalue weighted by molar-refractivity contribution is 9.10. The van der Waals surface area contributed by atoms with Gasteiger partial charge in [-0.15, -0.1) is 0 Å². The lowest BCUT2D eigenvalue weighted by Gasteiger charge is -2.16. The predicted octanol–water partition coefficient (Wildman–Crippen LogP) is 5.49. The van der Waals surface area contributed by atoms with E-state index in [0.29, 0.717) is 31.8 Å². The zero-order valence-electron chi connectivity index (χ0n) is 12.1. The van der Waals surface area contributed by atoms with Crippen LogP contribution in [0.1, 0.15) is 12.5 Å². The summed E-state index contributed by atoms with van der Waals surface area (Å²) in [5.74, 6) is 0.291. The lowest BCUT2D eigenvalue weighted by atomic mass is 10.2. The van der Waals surface area contributed by atoms with Gasteiger partial charge in [0.05, 0.1) is 4.47 Å². The molecule has 0 aliphatic heterocycles. The van der Waals surface area contributed by atoms with Crippen molar-refractivity contribution in [3.05, 3.63) is 61.5 Å².